The lowest BCUT2D eigenvalue weighted by molar-refractivity contribution is -0.166. The van der Waals surface area contributed by atoms with Gasteiger partial charge in [-0.3, -0.25) is 0 Å². The van der Waals surface area contributed by atoms with Gasteiger partial charge in [0.25, 0.3) is 0 Å². The number of methoxy groups -OCH3 is 1. The SMILES string of the molecule is COC1O[C@@H](CO)[C@H]2O[C@@H]12. The van der Waals surface area contributed by atoms with Crippen molar-refractivity contribution in [2.24, 2.45) is 0 Å². The van der Waals surface area contributed by atoms with E-state index in [0.29, 0.717) is 0 Å². The van der Waals surface area contributed by atoms with E-state index in [4.69, 9.17) is 19.3 Å². The molecular weight excluding hydrogens is 136 g/mol. The summed E-state index contributed by atoms with van der Waals surface area (Å²) in [6.07, 6.45) is -0.283. The molecule has 2 saturated heterocycles. The van der Waals surface area contributed by atoms with Gasteiger partial charge in [0.05, 0.1) is 6.61 Å². The van der Waals surface area contributed by atoms with Crippen molar-refractivity contribution in [1.29, 1.82) is 0 Å². The van der Waals surface area contributed by atoms with E-state index in [9.17, 15) is 0 Å². The maximum atomic E-state index is 8.72. The van der Waals surface area contributed by atoms with Crippen molar-refractivity contribution in [1.82, 2.24) is 0 Å². The fourth-order valence-corrected chi connectivity index (χ4v) is 1.32. The fraction of sp³-hybridized carbons (Fsp3) is 1.00. The van der Waals surface area contributed by atoms with E-state index >= 15 is 0 Å². The number of rotatable bonds is 2. The fourth-order valence-electron chi connectivity index (χ4n) is 1.32. The molecule has 2 fully saturated rings. The second-order valence-corrected chi connectivity index (χ2v) is 2.53. The third-order valence-corrected chi connectivity index (χ3v) is 1.92. The summed E-state index contributed by atoms with van der Waals surface area (Å²) < 4.78 is 15.3. The van der Waals surface area contributed by atoms with Crippen molar-refractivity contribution in [3.05, 3.63) is 0 Å². The largest absolute Gasteiger partial charge is 0.394 e. The molecule has 10 heavy (non-hydrogen) atoms. The van der Waals surface area contributed by atoms with Crippen LogP contribution in [0.3, 0.4) is 0 Å². The predicted octanol–water partition coefficient (Wildman–Crippen LogP) is -0.883. The van der Waals surface area contributed by atoms with E-state index in [-0.39, 0.29) is 31.2 Å². The van der Waals surface area contributed by atoms with Gasteiger partial charge in [0.1, 0.15) is 18.3 Å². The Balaban J connectivity index is 1.95. The maximum Gasteiger partial charge on any atom is 0.186 e. The highest BCUT2D eigenvalue weighted by atomic mass is 16.8. The minimum atomic E-state index is -0.262. The number of epoxide rings is 1. The van der Waals surface area contributed by atoms with Gasteiger partial charge in [-0.1, -0.05) is 0 Å². The van der Waals surface area contributed by atoms with Gasteiger partial charge in [-0.15, -0.1) is 0 Å². The molecule has 4 nitrogen and oxygen atoms in total. The van der Waals surface area contributed by atoms with Gasteiger partial charge < -0.3 is 19.3 Å². The van der Waals surface area contributed by atoms with Crippen LogP contribution in [-0.2, 0) is 14.2 Å². The van der Waals surface area contributed by atoms with Gasteiger partial charge in [-0.25, -0.2) is 0 Å². The molecule has 0 aromatic carbocycles. The summed E-state index contributed by atoms with van der Waals surface area (Å²) in [6, 6.07) is 0. The minimum Gasteiger partial charge on any atom is -0.394 e. The van der Waals surface area contributed by atoms with Crippen molar-refractivity contribution in [3.8, 4) is 0 Å². The highest BCUT2D eigenvalue weighted by Crippen LogP contribution is 2.38. The van der Waals surface area contributed by atoms with Crippen molar-refractivity contribution in [3.63, 3.8) is 0 Å². The first kappa shape index (κ1) is 6.54. The molecule has 2 aliphatic heterocycles. The molecule has 58 valence electrons. The van der Waals surface area contributed by atoms with E-state index in [1.807, 2.05) is 0 Å². The van der Waals surface area contributed by atoms with Gasteiger partial charge in [0.15, 0.2) is 6.29 Å². The van der Waals surface area contributed by atoms with Crippen LogP contribution in [0.4, 0.5) is 0 Å². The Morgan fingerprint density at radius 3 is 2.60 bits per heavy atom. The zero-order valence-electron chi connectivity index (χ0n) is 5.69. The summed E-state index contributed by atoms with van der Waals surface area (Å²) in [5.74, 6) is 0. The highest BCUT2D eigenvalue weighted by Gasteiger charge is 2.58. The van der Waals surface area contributed by atoms with E-state index < -0.39 is 0 Å². The Labute approximate surface area is 58.7 Å². The second kappa shape index (κ2) is 2.17. The number of aliphatic hydroxyl groups is 1. The van der Waals surface area contributed by atoms with Crippen LogP contribution in [0.2, 0.25) is 0 Å². The van der Waals surface area contributed by atoms with Crippen LogP contribution in [0.1, 0.15) is 0 Å². The Hall–Kier alpha value is -0.160. The first-order valence-corrected chi connectivity index (χ1v) is 3.31. The molecule has 0 radical (unpaired) electrons. The molecule has 2 aliphatic rings. The first-order valence-electron chi connectivity index (χ1n) is 3.31. The molecule has 0 bridgehead atoms. The summed E-state index contributed by atoms with van der Waals surface area (Å²) in [4.78, 5) is 0. The Morgan fingerprint density at radius 1 is 1.40 bits per heavy atom. The van der Waals surface area contributed by atoms with Gasteiger partial charge in [0.2, 0.25) is 0 Å². The van der Waals surface area contributed by atoms with Gasteiger partial charge in [-0.2, -0.15) is 0 Å². The Morgan fingerprint density at radius 2 is 2.20 bits per heavy atom. The number of ether oxygens (including phenoxy) is 3. The lowest BCUT2D eigenvalue weighted by Gasteiger charge is -2.13. The monoisotopic (exact) mass is 146 g/mol. The summed E-state index contributed by atoms with van der Waals surface area (Å²) in [7, 11) is 1.57. The van der Waals surface area contributed by atoms with E-state index in [1.165, 1.54) is 0 Å². The molecule has 0 spiro atoms. The summed E-state index contributed by atoms with van der Waals surface area (Å²) >= 11 is 0. The minimum absolute atomic E-state index is 0.0149. The number of aliphatic hydroxyl groups excluding tert-OH is 1. The molecule has 0 saturated carbocycles. The quantitative estimate of drug-likeness (QED) is 0.514. The molecule has 0 aromatic heterocycles. The average molecular weight is 146 g/mol. The Bertz CT molecular complexity index is 124. The number of fused-ring (bicyclic) bond motifs is 1. The van der Waals surface area contributed by atoms with Crippen LogP contribution in [0.25, 0.3) is 0 Å². The molecule has 1 N–H and O–H groups in total. The molecule has 0 aromatic rings. The van der Waals surface area contributed by atoms with E-state index in [2.05, 4.69) is 0 Å². The summed E-state index contributed by atoms with van der Waals surface area (Å²) in [5.41, 5.74) is 0. The van der Waals surface area contributed by atoms with Crippen molar-refractivity contribution in [2.45, 2.75) is 24.6 Å². The number of hydrogen-bond acceptors (Lipinski definition) is 4. The number of hydrogen-bond donors (Lipinski definition) is 1. The van der Waals surface area contributed by atoms with Crippen molar-refractivity contribution >= 4 is 0 Å². The van der Waals surface area contributed by atoms with Crippen LogP contribution in [0.5, 0.6) is 0 Å². The lowest BCUT2D eigenvalue weighted by Crippen LogP contribution is -2.23. The van der Waals surface area contributed by atoms with Gasteiger partial charge >= 0.3 is 0 Å². The summed E-state index contributed by atoms with van der Waals surface area (Å²) in [6.45, 7) is 0.0149. The standard InChI is InChI=1S/C6H10O4/c1-8-6-5-4(10-5)3(2-7)9-6/h3-7H,2H2,1H3/t3-,4+,5+,6?/m0/s1. The van der Waals surface area contributed by atoms with Crippen LogP contribution in [0, 0.1) is 0 Å². The second-order valence-electron chi connectivity index (χ2n) is 2.53. The van der Waals surface area contributed by atoms with E-state index in [1.54, 1.807) is 7.11 Å². The lowest BCUT2D eigenvalue weighted by atomic mass is 10.2. The average Bonchev–Trinajstić information content (AvgIpc) is 2.67. The molecule has 4 heteroatoms. The maximum absolute atomic E-state index is 8.72. The molecular formula is C6H10O4. The van der Waals surface area contributed by atoms with Crippen LogP contribution in [-0.4, -0.2) is 43.4 Å². The smallest absolute Gasteiger partial charge is 0.186 e. The molecule has 2 heterocycles. The third-order valence-electron chi connectivity index (χ3n) is 1.92. The van der Waals surface area contributed by atoms with Gasteiger partial charge in [0, 0.05) is 7.11 Å². The first-order chi connectivity index (χ1) is 4.86. The van der Waals surface area contributed by atoms with Crippen LogP contribution in [0.15, 0.2) is 0 Å². The van der Waals surface area contributed by atoms with E-state index in [0.717, 1.165) is 0 Å². The summed E-state index contributed by atoms with van der Waals surface area (Å²) in [5, 5.41) is 8.72. The zero-order valence-corrected chi connectivity index (χ0v) is 5.69. The van der Waals surface area contributed by atoms with Crippen LogP contribution < -0.4 is 0 Å². The molecule has 4 atom stereocenters. The third kappa shape index (κ3) is 0.769. The molecule has 0 amide bonds. The van der Waals surface area contributed by atoms with Gasteiger partial charge in [-0.05, 0) is 0 Å². The topological polar surface area (TPSA) is 51.2 Å². The predicted molar refractivity (Wildman–Crippen MR) is 31.4 cm³/mol. The highest BCUT2D eigenvalue weighted by molar-refractivity contribution is 4.99. The van der Waals surface area contributed by atoms with Crippen LogP contribution >= 0.6 is 0 Å². The normalized spacial score (nSPS) is 51.0. The Kier molecular flexibility index (Phi) is 1.42. The zero-order chi connectivity index (χ0) is 7.14. The van der Waals surface area contributed by atoms with Crippen molar-refractivity contribution in [2.75, 3.05) is 13.7 Å². The van der Waals surface area contributed by atoms with Crippen molar-refractivity contribution < 1.29 is 19.3 Å². The molecule has 0 aliphatic carbocycles. The molecule has 1 unspecified atom stereocenters. The molecule has 2 rings (SSSR count).